The first kappa shape index (κ1) is 21.5. The molecule has 3 aromatic heterocycles. The second-order valence-corrected chi connectivity index (χ2v) is 9.33. The number of pyridine rings is 1. The standard InChI is InChI=1S/C26H23N7OS/c34-25-16-32(11-9-27-25)15-18-2-1-3-21(12-18)23-14-28-24-13-20(8-10-33(23)24)19-4-6-22(7-5-19)30-26-31-29-17-35-26/h1-8,10,12-14,17H,9,11,15-16H2,(H,27,34)(H,30,31). The fourth-order valence-corrected chi connectivity index (χ4v) is 4.85. The van der Waals surface area contributed by atoms with E-state index in [1.165, 1.54) is 16.9 Å². The molecule has 174 valence electrons. The summed E-state index contributed by atoms with van der Waals surface area (Å²) in [4.78, 5) is 18.6. The Kier molecular flexibility index (Phi) is 5.69. The van der Waals surface area contributed by atoms with Gasteiger partial charge in [-0.05, 0) is 47.0 Å². The number of piperazine rings is 1. The predicted molar refractivity (Wildman–Crippen MR) is 138 cm³/mol. The molecule has 1 saturated heterocycles. The molecule has 1 aliphatic heterocycles. The highest BCUT2D eigenvalue weighted by Gasteiger charge is 2.16. The Morgan fingerprint density at radius 3 is 2.77 bits per heavy atom. The zero-order chi connectivity index (χ0) is 23.6. The van der Waals surface area contributed by atoms with E-state index in [0.717, 1.165) is 51.9 Å². The first-order valence-corrected chi connectivity index (χ1v) is 12.3. The van der Waals surface area contributed by atoms with Gasteiger partial charge in [0.2, 0.25) is 11.0 Å². The van der Waals surface area contributed by atoms with Crippen molar-refractivity contribution in [2.45, 2.75) is 6.54 Å². The van der Waals surface area contributed by atoms with E-state index in [0.29, 0.717) is 13.1 Å². The molecule has 0 atom stereocenters. The van der Waals surface area contributed by atoms with Crippen LogP contribution in [0.1, 0.15) is 5.56 Å². The topological polar surface area (TPSA) is 87.5 Å². The Balaban J connectivity index is 1.22. The highest BCUT2D eigenvalue weighted by Crippen LogP contribution is 2.27. The van der Waals surface area contributed by atoms with Crippen LogP contribution in [0.3, 0.4) is 0 Å². The van der Waals surface area contributed by atoms with Crippen LogP contribution in [-0.2, 0) is 11.3 Å². The highest BCUT2D eigenvalue weighted by atomic mass is 32.1. The molecule has 1 amide bonds. The van der Waals surface area contributed by atoms with Crippen LogP contribution in [0.5, 0.6) is 0 Å². The number of imidazole rings is 1. The van der Waals surface area contributed by atoms with Crippen LogP contribution in [0.2, 0.25) is 0 Å². The van der Waals surface area contributed by atoms with Crippen LogP contribution in [0.25, 0.3) is 28.0 Å². The summed E-state index contributed by atoms with van der Waals surface area (Å²) in [7, 11) is 0. The fraction of sp³-hybridized carbons (Fsp3) is 0.154. The van der Waals surface area contributed by atoms with E-state index in [-0.39, 0.29) is 5.91 Å². The summed E-state index contributed by atoms with van der Waals surface area (Å²) in [6, 6.07) is 20.9. The van der Waals surface area contributed by atoms with Gasteiger partial charge in [-0.3, -0.25) is 14.1 Å². The summed E-state index contributed by atoms with van der Waals surface area (Å²) in [5.41, 5.74) is 9.13. The molecule has 2 N–H and O–H groups in total. The highest BCUT2D eigenvalue weighted by molar-refractivity contribution is 7.13. The van der Waals surface area contributed by atoms with Crippen LogP contribution in [-0.4, -0.2) is 50.0 Å². The smallest absolute Gasteiger partial charge is 0.234 e. The third-order valence-electron chi connectivity index (χ3n) is 6.09. The van der Waals surface area contributed by atoms with Gasteiger partial charge in [-0.15, -0.1) is 10.2 Å². The molecule has 0 spiro atoms. The van der Waals surface area contributed by atoms with Crippen LogP contribution < -0.4 is 10.6 Å². The maximum atomic E-state index is 11.7. The molecule has 8 nitrogen and oxygen atoms in total. The van der Waals surface area contributed by atoms with Gasteiger partial charge >= 0.3 is 0 Å². The van der Waals surface area contributed by atoms with Crippen molar-refractivity contribution >= 4 is 33.7 Å². The molecule has 35 heavy (non-hydrogen) atoms. The predicted octanol–water partition coefficient (Wildman–Crippen LogP) is 4.20. The number of nitrogens with zero attached hydrogens (tertiary/aromatic N) is 5. The summed E-state index contributed by atoms with van der Waals surface area (Å²) in [6.45, 7) is 2.78. The van der Waals surface area contributed by atoms with Crippen LogP contribution >= 0.6 is 11.3 Å². The lowest BCUT2D eigenvalue weighted by molar-refractivity contribution is -0.124. The third kappa shape index (κ3) is 4.64. The zero-order valence-corrected chi connectivity index (χ0v) is 19.7. The van der Waals surface area contributed by atoms with E-state index in [9.17, 15) is 4.79 Å². The number of amides is 1. The van der Waals surface area contributed by atoms with Crippen molar-refractivity contribution in [1.29, 1.82) is 0 Å². The average molecular weight is 482 g/mol. The van der Waals surface area contributed by atoms with Gasteiger partial charge in [0.25, 0.3) is 0 Å². The summed E-state index contributed by atoms with van der Waals surface area (Å²) in [5.74, 6) is 0.0905. The zero-order valence-electron chi connectivity index (χ0n) is 18.9. The summed E-state index contributed by atoms with van der Waals surface area (Å²) >= 11 is 1.47. The first-order valence-electron chi connectivity index (χ1n) is 11.4. The molecule has 0 bridgehead atoms. The van der Waals surface area contributed by atoms with E-state index in [2.05, 4.69) is 89.8 Å². The number of fused-ring (bicyclic) bond motifs is 1. The SMILES string of the molecule is O=C1CN(Cc2cccc(-c3cnc4cc(-c5ccc(Nc6nncs6)cc5)ccn34)c2)CCN1. The van der Waals surface area contributed by atoms with Crippen LogP contribution in [0, 0.1) is 0 Å². The Morgan fingerprint density at radius 2 is 1.94 bits per heavy atom. The van der Waals surface area contributed by atoms with Gasteiger partial charge in [0, 0.05) is 37.1 Å². The lowest BCUT2D eigenvalue weighted by atomic mass is 10.1. The molecular weight excluding hydrogens is 458 g/mol. The number of anilines is 2. The van der Waals surface area contributed by atoms with Crippen molar-refractivity contribution < 1.29 is 4.79 Å². The molecule has 2 aromatic carbocycles. The number of rotatable bonds is 6. The molecule has 1 fully saturated rings. The Morgan fingerprint density at radius 1 is 1.03 bits per heavy atom. The largest absolute Gasteiger partial charge is 0.354 e. The van der Waals surface area contributed by atoms with E-state index in [4.69, 9.17) is 0 Å². The second-order valence-electron chi connectivity index (χ2n) is 8.49. The second kappa shape index (κ2) is 9.28. The average Bonchev–Trinajstić information content (AvgIpc) is 3.54. The minimum absolute atomic E-state index is 0.0905. The van der Waals surface area contributed by atoms with Crippen molar-refractivity contribution in [3.05, 3.63) is 84.1 Å². The van der Waals surface area contributed by atoms with Gasteiger partial charge in [0.05, 0.1) is 18.4 Å². The Bertz CT molecular complexity index is 1480. The summed E-state index contributed by atoms with van der Waals surface area (Å²) in [5, 5.41) is 14.8. The number of hydrogen-bond donors (Lipinski definition) is 2. The van der Waals surface area contributed by atoms with E-state index in [1.807, 2.05) is 18.3 Å². The lowest BCUT2D eigenvalue weighted by Gasteiger charge is -2.26. The molecule has 6 rings (SSSR count). The Labute approximate surface area is 206 Å². The minimum Gasteiger partial charge on any atom is -0.354 e. The van der Waals surface area contributed by atoms with Crippen molar-refractivity contribution in [2.24, 2.45) is 0 Å². The van der Waals surface area contributed by atoms with E-state index < -0.39 is 0 Å². The number of aromatic nitrogens is 4. The quantitative estimate of drug-likeness (QED) is 0.378. The summed E-state index contributed by atoms with van der Waals surface area (Å²) < 4.78 is 2.11. The van der Waals surface area contributed by atoms with Crippen molar-refractivity contribution in [2.75, 3.05) is 25.0 Å². The maximum absolute atomic E-state index is 11.7. The van der Waals surface area contributed by atoms with E-state index in [1.54, 1.807) is 5.51 Å². The van der Waals surface area contributed by atoms with Crippen LogP contribution in [0.15, 0.2) is 78.6 Å². The van der Waals surface area contributed by atoms with Gasteiger partial charge < -0.3 is 10.6 Å². The summed E-state index contributed by atoms with van der Waals surface area (Å²) in [6.07, 6.45) is 3.99. The molecule has 0 aliphatic carbocycles. The molecule has 0 saturated carbocycles. The number of benzene rings is 2. The molecule has 0 unspecified atom stereocenters. The van der Waals surface area contributed by atoms with Crippen molar-refractivity contribution in [1.82, 2.24) is 29.8 Å². The third-order valence-corrected chi connectivity index (χ3v) is 6.70. The number of hydrogen-bond acceptors (Lipinski definition) is 7. The molecule has 4 heterocycles. The van der Waals surface area contributed by atoms with Gasteiger partial charge in [-0.25, -0.2) is 4.98 Å². The number of carbonyl (C=O) groups excluding carboxylic acids is 1. The Hall–Kier alpha value is -4.08. The monoisotopic (exact) mass is 481 g/mol. The van der Waals surface area contributed by atoms with Crippen molar-refractivity contribution in [3.63, 3.8) is 0 Å². The molecule has 9 heteroatoms. The van der Waals surface area contributed by atoms with Gasteiger partial charge in [-0.1, -0.05) is 41.7 Å². The van der Waals surface area contributed by atoms with Crippen LogP contribution in [0.4, 0.5) is 10.8 Å². The van der Waals surface area contributed by atoms with Gasteiger partial charge in [0.15, 0.2) is 0 Å². The van der Waals surface area contributed by atoms with Crippen molar-refractivity contribution in [3.8, 4) is 22.4 Å². The molecule has 0 radical (unpaired) electrons. The van der Waals surface area contributed by atoms with Gasteiger partial charge in [-0.2, -0.15) is 0 Å². The fourth-order valence-electron chi connectivity index (χ4n) is 4.38. The first-order chi connectivity index (χ1) is 17.2. The van der Waals surface area contributed by atoms with Gasteiger partial charge in [0.1, 0.15) is 11.2 Å². The van der Waals surface area contributed by atoms with E-state index >= 15 is 0 Å². The lowest BCUT2D eigenvalue weighted by Crippen LogP contribution is -2.47. The number of carbonyl (C=O) groups is 1. The maximum Gasteiger partial charge on any atom is 0.234 e. The normalized spacial score (nSPS) is 14.2. The number of nitrogens with one attached hydrogen (secondary N) is 2. The molecular formula is C26H23N7OS. The minimum atomic E-state index is 0.0905. The molecule has 5 aromatic rings. The molecule has 1 aliphatic rings.